The summed E-state index contributed by atoms with van der Waals surface area (Å²) in [5.74, 6) is 0. The smallest absolute Gasteiger partial charge is 0.0305 e. The molecule has 0 aromatic rings. The Hall–Kier alpha value is -0.630. The average molecular weight is 126 g/mol. The molecule has 2 heteroatoms. The second-order valence-electron chi connectivity index (χ2n) is 1.74. The predicted molar refractivity (Wildman–Crippen MR) is 41.1 cm³/mol. The standard InChI is InChI=1S/C7H14N2/c1-2-3-4-6-9-7-5-8/h3-5,8-9H,2,6-7H2,1H3/b4-3+,8-5?. The van der Waals surface area contributed by atoms with Crippen LogP contribution in [0.15, 0.2) is 12.2 Å². The molecule has 0 fully saturated rings. The molecule has 0 saturated carbocycles. The van der Waals surface area contributed by atoms with Gasteiger partial charge in [-0.1, -0.05) is 19.1 Å². The van der Waals surface area contributed by atoms with Crippen LogP contribution in [0, 0.1) is 5.41 Å². The van der Waals surface area contributed by atoms with E-state index in [4.69, 9.17) is 5.41 Å². The lowest BCUT2D eigenvalue weighted by molar-refractivity contribution is 0.867. The highest BCUT2D eigenvalue weighted by atomic mass is 14.8. The van der Waals surface area contributed by atoms with Gasteiger partial charge in [0, 0.05) is 19.3 Å². The van der Waals surface area contributed by atoms with Crippen LogP contribution in [0.2, 0.25) is 0 Å². The lowest BCUT2D eigenvalue weighted by atomic mass is 10.4. The van der Waals surface area contributed by atoms with Gasteiger partial charge in [-0.05, 0) is 6.42 Å². The molecule has 2 N–H and O–H groups in total. The van der Waals surface area contributed by atoms with E-state index < -0.39 is 0 Å². The quantitative estimate of drug-likeness (QED) is 0.324. The third-order valence-corrected chi connectivity index (χ3v) is 0.911. The van der Waals surface area contributed by atoms with Gasteiger partial charge in [-0.15, -0.1) is 0 Å². The molecular weight excluding hydrogens is 112 g/mol. The first-order valence-corrected chi connectivity index (χ1v) is 3.26. The van der Waals surface area contributed by atoms with E-state index in [1.54, 1.807) is 0 Å². The zero-order chi connectivity index (χ0) is 6.95. The van der Waals surface area contributed by atoms with Crippen LogP contribution in [0.1, 0.15) is 13.3 Å². The predicted octanol–water partition coefficient (Wildman–Crippen LogP) is 1.19. The summed E-state index contributed by atoms with van der Waals surface area (Å²) >= 11 is 0. The largest absolute Gasteiger partial charge is 0.312 e. The van der Waals surface area contributed by atoms with Gasteiger partial charge in [-0.25, -0.2) is 0 Å². The van der Waals surface area contributed by atoms with E-state index in [0.29, 0.717) is 6.54 Å². The molecule has 0 aliphatic carbocycles. The lowest BCUT2D eigenvalue weighted by Crippen LogP contribution is -2.15. The molecule has 0 radical (unpaired) electrons. The Morgan fingerprint density at radius 2 is 2.11 bits per heavy atom. The van der Waals surface area contributed by atoms with E-state index in [2.05, 4.69) is 24.4 Å². The van der Waals surface area contributed by atoms with Crippen LogP contribution in [0.3, 0.4) is 0 Å². The molecule has 0 atom stereocenters. The maximum absolute atomic E-state index is 6.67. The summed E-state index contributed by atoms with van der Waals surface area (Å²) in [5, 5.41) is 9.71. The minimum atomic E-state index is 0.675. The van der Waals surface area contributed by atoms with Crippen molar-refractivity contribution in [1.29, 1.82) is 5.41 Å². The van der Waals surface area contributed by atoms with Crippen molar-refractivity contribution < 1.29 is 0 Å². The highest BCUT2D eigenvalue weighted by Crippen LogP contribution is 1.75. The first-order chi connectivity index (χ1) is 4.41. The molecule has 2 nitrogen and oxygen atoms in total. The van der Waals surface area contributed by atoms with Crippen molar-refractivity contribution in [3.05, 3.63) is 12.2 Å². The molecule has 0 unspecified atom stereocenters. The minimum Gasteiger partial charge on any atom is -0.312 e. The summed E-state index contributed by atoms with van der Waals surface area (Å²) in [7, 11) is 0. The second-order valence-corrected chi connectivity index (χ2v) is 1.74. The fourth-order valence-electron chi connectivity index (χ4n) is 0.489. The normalized spacial score (nSPS) is 10.3. The summed E-state index contributed by atoms with van der Waals surface area (Å²) in [5.41, 5.74) is 0. The highest BCUT2D eigenvalue weighted by molar-refractivity contribution is 5.55. The van der Waals surface area contributed by atoms with Gasteiger partial charge >= 0.3 is 0 Å². The molecule has 0 amide bonds. The van der Waals surface area contributed by atoms with Gasteiger partial charge in [0.05, 0.1) is 0 Å². The topological polar surface area (TPSA) is 35.9 Å². The Bertz CT molecular complexity index is 86.9. The SMILES string of the molecule is CC/C=C/CNCC=N. The summed E-state index contributed by atoms with van der Waals surface area (Å²) in [6.45, 7) is 3.66. The van der Waals surface area contributed by atoms with Gasteiger partial charge in [-0.3, -0.25) is 0 Å². The van der Waals surface area contributed by atoms with Crippen LogP contribution in [0.4, 0.5) is 0 Å². The molecule has 52 valence electrons. The van der Waals surface area contributed by atoms with Crippen LogP contribution in [0.5, 0.6) is 0 Å². The van der Waals surface area contributed by atoms with Gasteiger partial charge in [0.2, 0.25) is 0 Å². The van der Waals surface area contributed by atoms with E-state index in [1.165, 1.54) is 6.21 Å². The molecule has 0 aliphatic rings. The zero-order valence-corrected chi connectivity index (χ0v) is 5.85. The highest BCUT2D eigenvalue weighted by Gasteiger charge is 1.73. The zero-order valence-electron chi connectivity index (χ0n) is 5.85. The Kier molecular flexibility index (Phi) is 6.85. The van der Waals surface area contributed by atoms with Gasteiger partial charge in [0.15, 0.2) is 0 Å². The number of hydrogen-bond acceptors (Lipinski definition) is 2. The Balaban J connectivity index is 2.90. The molecule has 0 aromatic carbocycles. The fourth-order valence-corrected chi connectivity index (χ4v) is 0.489. The van der Waals surface area contributed by atoms with Gasteiger partial charge in [0.25, 0.3) is 0 Å². The molecular formula is C7H14N2. The number of nitrogens with one attached hydrogen (secondary N) is 2. The van der Waals surface area contributed by atoms with Crippen molar-refractivity contribution in [1.82, 2.24) is 5.32 Å². The summed E-state index contributed by atoms with van der Waals surface area (Å²) in [6.07, 6.45) is 6.63. The lowest BCUT2D eigenvalue weighted by Gasteiger charge is -1.91. The van der Waals surface area contributed by atoms with Crippen molar-refractivity contribution in [2.24, 2.45) is 0 Å². The van der Waals surface area contributed by atoms with E-state index in [-0.39, 0.29) is 0 Å². The summed E-state index contributed by atoms with van der Waals surface area (Å²) in [4.78, 5) is 0. The van der Waals surface area contributed by atoms with E-state index in [1.807, 2.05) is 0 Å². The van der Waals surface area contributed by atoms with Gasteiger partial charge < -0.3 is 10.7 Å². The molecule has 9 heavy (non-hydrogen) atoms. The third kappa shape index (κ3) is 7.37. The Morgan fingerprint density at radius 1 is 1.33 bits per heavy atom. The molecule has 0 saturated heterocycles. The summed E-state index contributed by atoms with van der Waals surface area (Å²) < 4.78 is 0. The average Bonchev–Trinajstić information content (AvgIpc) is 1.89. The van der Waals surface area contributed by atoms with Crippen LogP contribution in [-0.2, 0) is 0 Å². The van der Waals surface area contributed by atoms with Gasteiger partial charge in [-0.2, -0.15) is 0 Å². The maximum atomic E-state index is 6.67. The van der Waals surface area contributed by atoms with E-state index in [0.717, 1.165) is 13.0 Å². The third-order valence-electron chi connectivity index (χ3n) is 0.911. The van der Waals surface area contributed by atoms with Crippen molar-refractivity contribution >= 4 is 6.21 Å². The summed E-state index contributed by atoms with van der Waals surface area (Å²) in [6, 6.07) is 0. The molecule has 0 aliphatic heterocycles. The van der Waals surface area contributed by atoms with Gasteiger partial charge in [0.1, 0.15) is 0 Å². The van der Waals surface area contributed by atoms with Crippen molar-refractivity contribution in [2.45, 2.75) is 13.3 Å². The monoisotopic (exact) mass is 126 g/mol. The molecule has 0 aromatic heterocycles. The van der Waals surface area contributed by atoms with Crippen LogP contribution in [-0.4, -0.2) is 19.3 Å². The van der Waals surface area contributed by atoms with Crippen molar-refractivity contribution in [2.75, 3.05) is 13.1 Å². The van der Waals surface area contributed by atoms with Crippen LogP contribution < -0.4 is 5.32 Å². The Morgan fingerprint density at radius 3 is 2.67 bits per heavy atom. The number of hydrogen-bond donors (Lipinski definition) is 2. The number of rotatable bonds is 5. The molecule has 0 heterocycles. The molecule has 0 spiro atoms. The van der Waals surface area contributed by atoms with Crippen molar-refractivity contribution in [3.63, 3.8) is 0 Å². The van der Waals surface area contributed by atoms with Crippen LogP contribution in [0.25, 0.3) is 0 Å². The second kappa shape index (κ2) is 7.37. The van der Waals surface area contributed by atoms with E-state index >= 15 is 0 Å². The molecule has 0 rings (SSSR count). The van der Waals surface area contributed by atoms with Crippen LogP contribution >= 0.6 is 0 Å². The Labute approximate surface area is 56.5 Å². The van der Waals surface area contributed by atoms with Crippen molar-refractivity contribution in [3.8, 4) is 0 Å². The first-order valence-electron chi connectivity index (χ1n) is 3.26. The molecule has 0 bridgehead atoms. The number of allylic oxidation sites excluding steroid dienone is 1. The first kappa shape index (κ1) is 8.37. The maximum Gasteiger partial charge on any atom is 0.0305 e. The fraction of sp³-hybridized carbons (Fsp3) is 0.571. The minimum absolute atomic E-state index is 0.675. The van der Waals surface area contributed by atoms with E-state index in [9.17, 15) is 0 Å².